The third kappa shape index (κ3) is 5.47. The maximum atomic E-state index is 11.6. The summed E-state index contributed by atoms with van der Waals surface area (Å²) in [6.45, 7) is 0.145. The number of nitrogens with two attached hydrogens (primary N) is 2. The Balaban J connectivity index is 2.19. The van der Waals surface area contributed by atoms with E-state index in [9.17, 15) is 9.59 Å². The molecule has 0 aromatic heterocycles. The molecule has 2 rings (SSSR count). The molecular weight excluding hydrogens is 334 g/mol. The van der Waals surface area contributed by atoms with Crippen LogP contribution in [0.2, 0.25) is 0 Å². The van der Waals surface area contributed by atoms with E-state index in [1.54, 1.807) is 5.48 Å². The van der Waals surface area contributed by atoms with Crippen molar-refractivity contribution in [2.75, 3.05) is 6.54 Å². The molecule has 1 unspecified atom stereocenters. The van der Waals surface area contributed by atoms with Crippen molar-refractivity contribution in [3.05, 3.63) is 59.9 Å². The number of carbonyl (C=O) groups excluding carboxylic acids is 2. The molecule has 0 bridgehead atoms. The SMILES string of the molecule is N/C(=C\N(N)C(CC(=O)NO)Cc1ccc2ccccc2c1)CNC=O. The van der Waals surface area contributed by atoms with Gasteiger partial charge in [0, 0.05) is 11.9 Å². The summed E-state index contributed by atoms with van der Waals surface area (Å²) in [6.07, 6.45) is 2.45. The zero-order valence-corrected chi connectivity index (χ0v) is 14.3. The average molecular weight is 357 g/mol. The van der Waals surface area contributed by atoms with Gasteiger partial charge in [-0.05, 0) is 22.8 Å². The number of hydrogen-bond acceptors (Lipinski definition) is 6. The number of rotatable bonds is 9. The molecule has 0 fully saturated rings. The summed E-state index contributed by atoms with van der Waals surface area (Å²) < 4.78 is 0. The summed E-state index contributed by atoms with van der Waals surface area (Å²) in [6, 6.07) is 13.5. The quantitative estimate of drug-likeness (QED) is 0.190. The fourth-order valence-corrected chi connectivity index (χ4v) is 2.68. The van der Waals surface area contributed by atoms with Gasteiger partial charge < -0.3 is 16.1 Å². The molecule has 138 valence electrons. The molecule has 8 nitrogen and oxygen atoms in total. The standard InChI is InChI=1S/C18H23N5O3/c19-16(10-21-12-24)11-23(20)17(9-18(25)22-26)8-13-5-6-14-3-1-2-4-15(14)7-13/h1-7,11-12,17,26H,8-10,19-20H2,(H,21,24)(H,22,25)/b16-11-. The van der Waals surface area contributed by atoms with Gasteiger partial charge in [-0.25, -0.2) is 11.3 Å². The largest absolute Gasteiger partial charge is 0.399 e. The van der Waals surface area contributed by atoms with Gasteiger partial charge >= 0.3 is 0 Å². The molecule has 0 spiro atoms. The van der Waals surface area contributed by atoms with E-state index in [0.29, 0.717) is 18.5 Å². The third-order valence-corrected chi connectivity index (χ3v) is 3.96. The number of hydrazine groups is 1. The molecule has 0 radical (unpaired) electrons. The Kier molecular flexibility index (Phi) is 6.95. The van der Waals surface area contributed by atoms with Crippen LogP contribution in [0.4, 0.5) is 0 Å². The first-order valence-electron chi connectivity index (χ1n) is 8.10. The van der Waals surface area contributed by atoms with Gasteiger partial charge in [0.25, 0.3) is 0 Å². The molecule has 2 amide bonds. The summed E-state index contributed by atoms with van der Waals surface area (Å²) in [5.74, 6) is 5.50. The van der Waals surface area contributed by atoms with E-state index in [0.717, 1.165) is 16.3 Å². The van der Waals surface area contributed by atoms with Crippen molar-refractivity contribution in [2.45, 2.75) is 18.9 Å². The highest BCUT2D eigenvalue weighted by Gasteiger charge is 2.18. The van der Waals surface area contributed by atoms with Gasteiger partial charge in [-0.3, -0.25) is 14.8 Å². The van der Waals surface area contributed by atoms with Crippen LogP contribution in [0.1, 0.15) is 12.0 Å². The lowest BCUT2D eigenvalue weighted by Gasteiger charge is -2.26. The van der Waals surface area contributed by atoms with E-state index in [4.69, 9.17) is 16.8 Å². The van der Waals surface area contributed by atoms with E-state index in [1.165, 1.54) is 11.2 Å². The van der Waals surface area contributed by atoms with Gasteiger partial charge in [-0.1, -0.05) is 42.5 Å². The van der Waals surface area contributed by atoms with Gasteiger partial charge in [0.2, 0.25) is 12.3 Å². The average Bonchev–Trinajstić information content (AvgIpc) is 2.65. The molecule has 2 aromatic rings. The second-order valence-corrected chi connectivity index (χ2v) is 5.93. The van der Waals surface area contributed by atoms with Crippen molar-refractivity contribution in [1.82, 2.24) is 15.8 Å². The molecule has 1 atom stereocenters. The van der Waals surface area contributed by atoms with Crippen LogP contribution in [0.3, 0.4) is 0 Å². The predicted octanol–water partition coefficient (Wildman–Crippen LogP) is 0.368. The molecule has 0 aliphatic heterocycles. The number of nitrogens with zero attached hydrogens (tertiary/aromatic N) is 1. The minimum absolute atomic E-state index is 0.0231. The van der Waals surface area contributed by atoms with Gasteiger partial charge in [0.05, 0.1) is 19.0 Å². The van der Waals surface area contributed by atoms with E-state index in [1.807, 2.05) is 42.5 Å². The Bertz CT molecular complexity index is 793. The molecule has 2 aromatic carbocycles. The maximum absolute atomic E-state index is 11.6. The lowest BCUT2D eigenvalue weighted by atomic mass is 9.99. The number of benzene rings is 2. The Labute approximate surface area is 151 Å². The smallest absolute Gasteiger partial charge is 0.245 e. The summed E-state index contributed by atoms with van der Waals surface area (Å²) in [4.78, 5) is 22.0. The first-order valence-corrected chi connectivity index (χ1v) is 8.10. The highest BCUT2D eigenvalue weighted by molar-refractivity contribution is 5.83. The van der Waals surface area contributed by atoms with E-state index >= 15 is 0 Å². The molecular formula is C18H23N5O3. The second-order valence-electron chi connectivity index (χ2n) is 5.93. The van der Waals surface area contributed by atoms with Crippen LogP contribution in [0.25, 0.3) is 10.8 Å². The Hall–Kier alpha value is -3.10. The summed E-state index contributed by atoms with van der Waals surface area (Å²) in [5, 5.41) is 14.8. The van der Waals surface area contributed by atoms with Crippen molar-refractivity contribution < 1.29 is 14.8 Å². The Morgan fingerprint density at radius 1 is 1.23 bits per heavy atom. The first kappa shape index (κ1) is 19.2. The molecule has 0 heterocycles. The normalized spacial score (nSPS) is 12.5. The number of hydroxylamine groups is 1. The van der Waals surface area contributed by atoms with Crippen molar-refractivity contribution in [1.29, 1.82) is 0 Å². The molecule has 26 heavy (non-hydrogen) atoms. The summed E-state index contributed by atoms with van der Waals surface area (Å²) >= 11 is 0. The number of fused-ring (bicyclic) bond motifs is 1. The van der Waals surface area contributed by atoms with Crippen molar-refractivity contribution >= 4 is 23.1 Å². The number of nitrogens with one attached hydrogen (secondary N) is 2. The summed E-state index contributed by atoms with van der Waals surface area (Å²) in [7, 11) is 0. The zero-order valence-electron chi connectivity index (χ0n) is 14.3. The fourth-order valence-electron chi connectivity index (χ4n) is 2.68. The second kappa shape index (κ2) is 9.40. The van der Waals surface area contributed by atoms with Crippen LogP contribution < -0.4 is 22.4 Å². The van der Waals surface area contributed by atoms with Crippen molar-refractivity contribution in [3.8, 4) is 0 Å². The van der Waals surface area contributed by atoms with Crippen LogP contribution in [0.15, 0.2) is 54.4 Å². The molecule has 0 aliphatic carbocycles. The van der Waals surface area contributed by atoms with Crippen molar-refractivity contribution in [3.63, 3.8) is 0 Å². The highest BCUT2D eigenvalue weighted by Crippen LogP contribution is 2.18. The Morgan fingerprint density at radius 2 is 1.96 bits per heavy atom. The van der Waals surface area contributed by atoms with Gasteiger partial charge in [-0.15, -0.1) is 0 Å². The van der Waals surface area contributed by atoms with Gasteiger partial charge in [0.1, 0.15) is 0 Å². The maximum Gasteiger partial charge on any atom is 0.245 e. The van der Waals surface area contributed by atoms with Crippen LogP contribution in [0.5, 0.6) is 0 Å². The van der Waals surface area contributed by atoms with E-state index in [-0.39, 0.29) is 13.0 Å². The number of carbonyl (C=O) groups is 2. The number of amides is 2. The molecule has 0 aliphatic rings. The highest BCUT2D eigenvalue weighted by atomic mass is 16.5. The van der Waals surface area contributed by atoms with Crippen LogP contribution in [-0.4, -0.2) is 35.1 Å². The third-order valence-electron chi connectivity index (χ3n) is 3.96. The molecule has 7 N–H and O–H groups in total. The lowest BCUT2D eigenvalue weighted by molar-refractivity contribution is -0.130. The lowest BCUT2D eigenvalue weighted by Crippen LogP contribution is -2.42. The van der Waals surface area contributed by atoms with Crippen molar-refractivity contribution in [2.24, 2.45) is 11.6 Å². The Morgan fingerprint density at radius 3 is 2.65 bits per heavy atom. The van der Waals surface area contributed by atoms with Crippen LogP contribution >= 0.6 is 0 Å². The monoisotopic (exact) mass is 357 g/mol. The van der Waals surface area contributed by atoms with E-state index < -0.39 is 11.9 Å². The molecule has 8 heteroatoms. The van der Waals surface area contributed by atoms with E-state index in [2.05, 4.69) is 5.32 Å². The predicted molar refractivity (Wildman–Crippen MR) is 98.3 cm³/mol. The summed E-state index contributed by atoms with van der Waals surface area (Å²) in [5.41, 5.74) is 8.75. The van der Waals surface area contributed by atoms with Crippen LogP contribution in [-0.2, 0) is 16.0 Å². The van der Waals surface area contributed by atoms with Crippen LogP contribution in [0, 0.1) is 0 Å². The fraction of sp³-hybridized carbons (Fsp3) is 0.222. The minimum atomic E-state index is -0.552. The van der Waals surface area contributed by atoms with Gasteiger partial charge in [-0.2, -0.15) is 0 Å². The molecule has 0 saturated carbocycles. The zero-order chi connectivity index (χ0) is 18.9. The molecule has 0 saturated heterocycles. The van der Waals surface area contributed by atoms with Gasteiger partial charge in [0.15, 0.2) is 0 Å². The minimum Gasteiger partial charge on any atom is -0.399 e. The first-order chi connectivity index (χ1) is 12.5. The number of hydrogen-bond donors (Lipinski definition) is 5. The topological polar surface area (TPSA) is 134 Å².